The van der Waals surface area contributed by atoms with Gasteiger partial charge in [-0.2, -0.15) is 0 Å². The van der Waals surface area contributed by atoms with Gasteiger partial charge in [0.1, 0.15) is 0 Å². The van der Waals surface area contributed by atoms with Gasteiger partial charge in [0.2, 0.25) is 5.91 Å². The molecule has 0 saturated heterocycles. The number of esters is 1. The smallest absolute Gasteiger partial charge is 0.305 e. The molecule has 0 unspecified atom stereocenters. The molecule has 2 aromatic rings. The monoisotopic (exact) mass is 365 g/mol. The van der Waals surface area contributed by atoms with E-state index < -0.39 is 0 Å². The first kappa shape index (κ1) is 18.5. The lowest BCUT2D eigenvalue weighted by Gasteiger charge is -2.02. The summed E-state index contributed by atoms with van der Waals surface area (Å²) in [7, 11) is 1.39. The number of carbonyl (C=O) groups excluding carboxylic acids is 2. The number of benzene rings is 1. The zero-order chi connectivity index (χ0) is 17.4. The van der Waals surface area contributed by atoms with Crippen molar-refractivity contribution in [3.05, 3.63) is 40.2 Å². The minimum atomic E-state index is -0.192. The Kier molecular flexibility index (Phi) is 7.28. The van der Waals surface area contributed by atoms with Crippen LogP contribution in [0.15, 0.2) is 30.3 Å². The van der Waals surface area contributed by atoms with Crippen LogP contribution in [0, 0.1) is 0 Å². The third kappa shape index (κ3) is 5.35. The van der Waals surface area contributed by atoms with E-state index in [0.717, 1.165) is 34.2 Å². The topological polar surface area (TPSA) is 55.4 Å². The van der Waals surface area contributed by atoms with Crippen molar-refractivity contribution in [3.63, 3.8) is 0 Å². The van der Waals surface area contributed by atoms with Gasteiger partial charge in [0.25, 0.3) is 0 Å². The van der Waals surface area contributed by atoms with Crippen LogP contribution in [0.2, 0.25) is 5.02 Å². The first-order valence-electron chi connectivity index (χ1n) is 7.81. The Balaban J connectivity index is 1.74. The molecule has 1 aromatic carbocycles. The number of halogens is 1. The van der Waals surface area contributed by atoms with Crippen molar-refractivity contribution in [2.75, 3.05) is 13.7 Å². The van der Waals surface area contributed by atoms with Gasteiger partial charge in [0.15, 0.2) is 0 Å². The quantitative estimate of drug-likeness (QED) is 0.428. The number of ether oxygens (including phenoxy) is 1. The number of fused-ring (bicyclic) bond motifs is 1. The Morgan fingerprint density at radius 3 is 2.79 bits per heavy atom. The fraction of sp³-hybridized carbons (Fsp3) is 0.333. The number of hydrogen-bond donors (Lipinski definition) is 1. The highest BCUT2D eigenvalue weighted by Crippen LogP contribution is 2.35. The highest BCUT2D eigenvalue weighted by molar-refractivity contribution is 7.20. The van der Waals surface area contributed by atoms with Crippen molar-refractivity contribution in [1.82, 2.24) is 5.32 Å². The van der Waals surface area contributed by atoms with Crippen molar-refractivity contribution >= 4 is 51.0 Å². The van der Waals surface area contributed by atoms with Crippen LogP contribution in [0.5, 0.6) is 0 Å². The summed E-state index contributed by atoms with van der Waals surface area (Å²) in [4.78, 5) is 23.7. The molecule has 2 rings (SSSR count). The van der Waals surface area contributed by atoms with E-state index >= 15 is 0 Å². The summed E-state index contributed by atoms with van der Waals surface area (Å²) in [5.74, 6) is -0.335. The number of thiophene rings is 1. The number of amides is 1. The van der Waals surface area contributed by atoms with Gasteiger partial charge in [0.05, 0.1) is 12.1 Å². The van der Waals surface area contributed by atoms with E-state index in [1.54, 1.807) is 17.4 Å². The maximum atomic E-state index is 11.8. The molecular formula is C18H20ClNO3S. The van der Waals surface area contributed by atoms with Crippen LogP contribution in [-0.2, 0) is 14.3 Å². The zero-order valence-electron chi connectivity index (χ0n) is 13.5. The molecule has 1 amide bonds. The van der Waals surface area contributed by atoms with Gasteiger partial charge in [-0.1, -0.05) is 36.2 Å². The van der Waals surface area contributed by atoms with Gasteiger partial charge in [0, 0.05) is 34.0 Å². The summed E-state index contributed by atoms with van der Waals surface area (Å²) < 4.78 is 5.68. The molecule has 1 N–H and O–H groups in total. The molecule has 0 fully saturated rings. The fourth-order valence-electron chi connectivity index (χ4n) is 2.24. The second-order valence-corrected chi connectivity index (χ2v) is 6.75. The van der Waals surface area contributed by atoms with Gasteiger partial charge in [-0.3, -0.25) is 9.59 Å². The number of nitrogens with one attached hydrogen (secondary N) is 1. The first-order valence-corrected chi connectivity index (χ1v) is 9.01. The van der Waals surface area contributed by atoms with Crippen LogP contribution < -0.4 is 5.32 Å². The van der Waals surface area contributed by atoms with E-state index in [1.807, 2.05) is 24.3 Å². The molecule has 24 heavy (non-hydrogen) atoms. The summed E-state index contributed by atoms with van der Waals surface area (Å²) in [6.07, 6.45) is 6.16. The minimum Gasteiger partial charge on any atom is -0.469 e. The van der Waals surface area contributed by atoms with E-state index in [4.69, 9.17) is 11.6 Å². The van der Waals surface area contributed by atoms with E-state index in [9.17, 15) is 9.59 Å². The predicted molar refractivity (Wildman–Crippen MR) is 99.4 cm³/mol. The normalized spacial score (nSPS) is 11.1. The number of hydrogen-bond acceptors (Lipinski definition) is 4. The Morgan fingerprint density at radius 1 is 1.25 bits per heavy atom. The molecule has 4 nitrogen and oxygen atoms in total. The number of rotatable bonds is 8. The Bertz CT molecular complexity index is 739. The zero-order valence-corrected chi connectivity index (χ0v) is 15.1. The van der Waals surface area contributed by atoms with Crippen molar-refractivity contribution < 1.29 is 14.3 Å². The van der Waals surface area contributed by atoms with Gasteiger partial charge in [-0.25, -0.2) is 0 Å². The van der Waals surface area contributed by atoms with Crippen molar-refractivity contribution in [1.29, 1.82) is 0 Å². The number of methoxy groups -OCH3 is 1. The van der Waals surface area contributed by atoms with E-state index in [0.29, 0.717) is 18.0 Å². The SMILES string of the molecule is COC(=O)CCCCCNC(=O)/C=C/c1sc2ccccc2c1Cl. The summed E-state index contributed by atoms with van der Waals surface area (Å²) in [6, 6.07) is 7.90. The molecule has 128 valence electrons. The summed E-state index contributed by atoms with van der Waals surface area (Å²) in [6.45, 7) is 0.588. The second-order valence-electron chi connectivity index (χ2n) is 5.29. The van der Waals surface area contributed by atoms with Gasteiger partial charge in [-0.15, -0.1) is 11.3 Å². The Hall–Kier alpha value is -1.85. The predicted octanol–water partition coefficient (Wildman–Crippen LogP) is 4.42. The molecule has 0 radical (unpaired) electrons. The number of carbonyl (C=O) groups is 2. The summed E-state index contributed by atoms with van der Waals surface area (Å²) >= 11 is 7.89. The molecule has 0 aliphatic rings. The van der Waals surface area contributed by atoms with Crippen LogP contribution >= 0.6 is 22.9 Å². The summed E-state index contributed by atoms with van der Waals surface area (Å²) in [5, 5.41) is 4.52. The van der Waals surface area contributed by atoms with Crippen molar-refractivity contribution in [2.24, 2.45) is 0 Å². The van der Waals surface area contributed by atoms with E-state index in [1.165, 1.54) is 13.2 Å². The van der Waals surface area contributed by atoms with Gasteiger partial charge in [-0.05, 0) is 25.0 Å². The average Bonchev–Trinajstić information content (AvgIpc) is 2.92. The van der Waals surface area contributed by atoms with Gasteiger partial charge >= 0.3 is 5.97 Å². The third-order valence-corrected chi connectivity index (χ3v) is 5.19. The molecule has 6 heteroatoms. The first-order chi connectivity index (χ1) is 11.6. The maximum absolute atomic E-state index is 11.8. The molecule has 1 heterocycles. The molecule has 0 bridgehead atoms. The van der Waals surface area contributed by atoms with Crippen molar-refractivity contribution in [3.8, 4) is 0 Å². The highest BCUT2D eigenvalue weighted by atomic mass is 35.5. The maximum Gasteiger partial charge on any atom is 0.305 e. The summed E-state index contributed by atoms with van der Waals surface area (Å²) in [5.41, 5.74) is 0. The van der Waals surface area contributed by atoms with E-state index in [-0.39, 0.29) is 11.9 Å². The fourth-order valence-corrected chi connectivity index (χ4v) is 3.63. The van der Waals surface area contributed by atoms with E-state index in [2.05, 4.69) is 10.1 Å². The third-order valence-electron chi connectivity index (χ3n) is 3.53. The van der Waals surface area contributed by atoms with Crippen LogP contribution in [0.3, 0.4) is 0 Å². The molecular weight excluding hydrogens is 346 g/mol. The Labute approximate surface area is 150 Å². The Morgan fingerprint density at radius 2 is 2.04 bits per heavy atom. The molecule has 0 saturated carbocycles. The molecule has 0 aliphatic carbocycles. The molecule has 0 atom stereocenters. The lowest BCUT2D eigenvalue weighted by atomic mass is 10.2. The molecule has 0 aliphatic heterocycles. The van der Waals surface area contributed by atoms with Crippen LogP contribution in [-0.4, -0.2) is 25.5 Å². The second kappa shape index (κ2) is 9.45. The largest absolute Gasteiger partial charge is 0.469 e. The lowest BCUT2D eigenvalue weighted by Crippen LogP contribution is -2.22. The minimum absolute atomic E-state index is 0.142. The van der Waals surface area contributed by atoms with Crippen molar-refractivity contribution in [2.45, 2.75) is 25.7 Å². The van der Waals surface area contributed by atoms with Crippen LogP contribution in [0.25, 0.3) is 16.2 Å². The highest BCUT2D eigenvalue weighted by Gasteiger charge is 2.07. The van der Waals surface area contributed by atoms with Gasteiger partial charge < -0.3 is 10.1 Å². The average molecular weight is 366 g/mol. The number of unbranched alkanes of at least 4 members (excludes halogenated alkanes) is 2. The molecule has 0 spiro atoms. The van der Waals surface area contributed by atoms with Crippen LogP contribution in [0.4, 0.5) is 0 Å². The van der Waals surface area contributed by atoms with Crippen LogP contribution in [0.1, 0.15) is 30.6 Å². The molecule has 1 aromatic heterocycles. The standard InChI is InChI=1S/C18H20ClNO3S/c1-23-17(22)9-3-2-6-12-20-16(21)11-10-15-18(19)13-7-4-5-8-14(13)24-15/h4-5,7-8,10-11H,2-3,6,9,12H2,1H3,(H,20,21)/b11-10+. The lowest BCUT2D eigenvalue weighted by molar-refractivity contribution is -0.140.